The van der Waals surface area contributed by atoms with E-state index in [-0.39, 0.29) is 11.8 Å². The largest absolute Gasteiger partial charge is 0.497 e. The lowest BCUT2D eigenvalue weighted by Crippen LogP contribution is -2.32. The van der Waals surface area contributed by atoms with Crippen LogP contribution >= 0.6 is 0 Å². The summed E-state index contributed by atoms with van der Waals surface area (Å²) in [7, 11) is 1.63. The number of hydrogen-bond acceptors (Lipinski definition) is 3. The molecule has 0 spiro atoms. The predicted octanol–water partition coefficient (Wildman–Crippen LogP) is 3.45. The van der Waals surface area contributed by atoms with Crippen molar-refractivity contribution in [3.63, 3.8) is 0 Å². The molecule has 1 aliphatic heterocycles. The molecule has 3 rings (SSSR count). The number of methoxy groups -OCH3 is 1. The molecule has 1 N–H and O–H groups in total. The van der Waals surface area contributed by atoms with Crippen molar-refractivity contribution in [2.24, 2.45) is 5.92 Å². The predicted molar refractivity (Wildman–Crippen MR) is 90.1 cm³/mol. The van der Waals surface area contributed by atoms with Gasteiger partial charge in [0.25, 0.3) is 0 Å². The number of nitrogens with one attached hydrogen (secondary N) is 1. The minimum atomic E-state index is -0.194. The summed E-state index contributed by atoms with van der Waals surface area (Å²) in [6, 6.07) is 13.7. The minimum absolute atomic E-state index is 0.0114. The van der Waals surface area contributed by atoms with E-state index < -0.39 is 0 Å². The second-order valence-electron chi connectivity index (χ2n) is 5.73. The van der Waals surface area contributed by atoms with Crippen LogP contribution < -0.4 is 14.8 Å². The van der Waals surface area contributed by atoms with E-state index in [0.717, 1.165) is 29.2 Å². The molecule has 1 aliphatic rings. The van der Waals surface area contributed by atoms with Crippen LogP contribution in [-0.4, -0.2) is 19.6 Å². The minimum Gasteiger partial charge on any atom is -0.497 e. The number of carbonyl (C=O) groups excluding carboxylic acids is 1. The van der Waals surface area contributed by atoms with Crippen LogP contribution in [0.3, 0.4) is 0 Å². The highest BCUT2D eigenvalue weighted by molar-refractivity contribution is 5.93. The molecule has 1 heterocycles. The normalized spacial score (nSPS) is 16.2. The summed E-state index contributed by atoms with van der Waals surface area (Å²) >= 11 is 0. The molecule has 0 radical (unpaired) electrons. The molecular formula is C19H21NO3. The average Bonchev–Trinajstić information content (AvgIpc) is 2.61. The number of aryl methyl sites for hydroxylation is 1. The average molecular weight is 311 g/mol. The molecule has 1 unspecified atom stereocenters. The maximum absolute atomic E-state index is 12.5. The van der Waals surface area contributed by atoms with Gasteiger partial charge in [-0.15, -0.1) is 0 Å². The second-order valence-corrected chi connectivity index (χ2v) is 5.73. The molecule has 2 aromatic rings. The third-order valence-corrected chi connectivity index (χ3v) is 4.17. The van der Waals surface area contributed by atoms with Gasteiger partial charge < -0.3 is 14.8 Å². The standard InChI is InChI=1S/C19H21NO3/c1-3-13-4-6-16(7-5-13)20-19(21)15-10-14-11-17(22-2)8-9-18(14)23-12-15/h4-9,11,15H,3,10,12H2,1-2H3,(H,20,21). The smallest absolute Gasteiger partial charge is 0.231 e. The highest BCUT2D eigenvalue weighted by Crippen LogP contribution is 2.31. The van der Waals surface area contributed by atoms with Gasteiger partial charge in [-0.2, -0.15) is 0 Å². The quantitative estimate of drug-likeness (QED) is 0.941. The molecule has 4 heteroatoms. The third-order valence-electron chi connectivity index (χ3n) is 4.17. The summed E-state index contributed by atoms with van der Waals surface area (Å²) < 4.78 is 11.0. The van der Waals surface area contributed by atoms with Gasteiger partial charge in [-0.25, -0.2) is 0 Å². The van der Waals surface area contributed by atoms with Crippen LogP contribution in [0.4, 0.5) is 5.69 Å². The first-order chi connectivity index (χ1) is 11.2. The monoisotopic (exact) mass is 311 g/mol. The van der Waals surface area contributed by atoms with E-state index >= 15 is 0 Å². The summed E-state index contributed by atoms with van der Waals surface area (Å²) in [6.45, 7) is 2.51. The number of carbonyl (C=O) groups is 1. The van der Waals surface area contributed by atoms with Crippen molar-refractivity contribution >= 4 is 11.6 Å². The summed E-state index contributed by atoms with van der Waals surface area (Å²) in [6.07, 6.45) is 1.65. The fourth-order valence-electron chi connectivity index (χ4n) is 2.73. The van der Waals surface area contributed by atoms with Gasteiger partial charge in [-0.3, -0.25) is 4.79 Å². The van der Waals surface area contributed by atoms with Gasteiger partial charge in [-0.1, -0.05) is 19.1 Å². The molecule has 4 nitrogen and oxygen atoms in total. The Hall–Kier alpha value is -2.49. The summed E-state index contributed by atoms with van der Waals surface area (Å²) in [5.74, 6) is 1.41. The summed E-state index contributed by atoms with van der Waals surface area (Å²) in [4.78, 5) is 12.5. The van der Waals surface area contributed by atoms with Crippen LogP contribution in [0.1, 0.15) is 18.1 Å². The van der Waals surface area contributed by atoms with E-state index in [1.165, 1.54) is 5.56 Å². The highest BCUT2D eigenvalue weighted by atomic mass is 16.5. The molecule has 0 saturated carbocycles. The van der Waals surface area contributed by atoms with E-state index in [0.29, 0.717) is 13.0 Å². The van der Waals surface area contributed by atoms with Crippen molar-refractivity contribution in [1.29, 1.82) is 0 Å². The molecular weight excluding hydrogens is 290 g/mol. The SMILES string of the molecule is CCc1ccc(NC(=O)C2COc3ccc(OC)cc3C2)cc1. The molecule has 1 amide bonds. The Balaban J connectivity index is 1.68. The molecule has 0 aliphatic carbocycles. The lowest BCUT2D eigenvalue weighted by atomic mass is 9.95. The number of anilines is 1. The molecule has 2 aromatic carbocycles. The van der Waals surface area contributed by atoms with E-state index in [2.05, 4.69) is 12.2 Å². The number of hydrogen-bond donors (Lipinski definition) is 1. The zero-order chi connectivity index (χ0) is 16.2. The Morgan fingerprint density at radius 3 is 2.74 bits per heavy atom. The highest BCUT2D eigenvalue weighted by Gasteiger charge is 2.26. The van der Waals surface area contributed by atoms with Crippen LogP contribution in [0.25, 0.3) is 0 Å². The number of fused-ring (bicyclic) bond motifs is 1. The van der Waals surface area contributed by atoms with E-state index in [4.69, 9.17) is 9.47 Å². The molecule has 0 fully saturated rings. The van der Waals surface area contributed by atoms with Crippen LogP contribution in [-0.2, 0) is 17.6 Å². The molecule has 23 heavy (non-hydrogen) atoms. The number of amides is 1. The van der Waals surface area contributed by atoms with Crippen molar-refractivity contribution in [2.45, 2.75) is 19.8 Å². The first kappa shape index (κ1) is 15.4. The first-order valence-electron chi connectivity index (χ1n) is 7.89. The number of benzene rings is 2. The molecule has 120 valence electrons. The lowest BCUT2D eigenvalue weighted by Gasteiger charge is -2.25. The Labute approximate surface area is 136 Å². The topological polar surface area (TPSA) is 47.6 Å². The van der Waals surface area contributed by atoms with Gasteiger partial charge in [0.2, 0.25) is 5.91 Å². The zero-order valence-electron chi connectivity index (χ0n) is 13.5. The van der Waals surface area contributed by atoms with Crippen LogP contribution in [0.15, 0.2) is 42.5 Å². The van der Waals surface area contributed by atoms with Gasteiger partial charge in [0, 0.05) is 5.69 Å². The second kappa shape index (κ2) is 6.73. The van der Waals surface area contributed by atoms with Crippen LogP contribution in [0.2, 0.25) is 0 Å². The maximum Gasteiger partial charge on any atom is 0.231 e. The van der Waals surface area contributed by atoms with E-state index in [9.17, 15) is 4.79 Å². The van der Waals surface area contributed by atoms with Crippen molar-refractivity contribution in [2.75, 3.05) is 19.0 Å². The fourth-order valence-corrected chi connectivity index (χ4v) is 2.73. The molecule has 0 aromatic heterocycles. The van der Waals surface area contributed by atoms with Crippen molar-refractivity contribution in [3.05, 3.63) is 53.6 Å². The van der Waals surface area contributed by atoms with E-state index in [1.54, 1.807) is 7.11 Å². The number of rotatable bonds is 4. The zero-order valence-corrected chi connectivity index (χ0v) is 13.5. The van der Waals surface area contributed by atoms with Gasteiger partial charge in [0.15, 0.2) is 0 Å². The van der Waals surface area contributed by atoms with Crippen molar-refractivity contribution in [3.8, 4) is 11.5 Å². The third kappa shape index (κ3) is 3.47. The van der Waals surface area contributed by atoms with Crippen LogP contribution in [0.5, 0.6) is 11.5 Å². The van der Waals surface area contributed by atoms with Gasteiger partial charge in [-0.05, 0) is 54.3 Å². The van der Waals surface area contributed by atoms with Crippen LogP contribution in [0, 0.1) is 5.92 Å². The Morgan fingerprint density at radius 1 is 1.26 bits per heavy atom. The van der Waals surface area contributed by atoms with Gasteiger partial charge >= 0.3 is 0 Å². The van der Waals surface area contributed by atoms with E-state index in [1.807, 2.05) is 42.5 Å². The van der Waals surface area contributed by atoms with Gasteiger partial charge in [0.05, 0.1) is 13.0 Å². The Morgan fingerprint density at radius 2 is 2.04 bits per heavy atom. The van der Waals surface area contributed by atoms with Gasteiger partial charge in [0.1, 0.15) is 18.1 Å². The molecule has 0 saturated heterocycles. The fraction of sp³-hybridized carbons (Fsp3) is 0.316. The van der Waals surface area contributed by atoms with Crippen molar-refractivity contribution < 1.29 is 14.3 Å². The summed E-state index contributed by atoms with van der Waals surface area (Å²) in [5.41, 5.74) is 3.09. The lowest BCUT2D eigenvalue weighted by molar-refractivity contribution is -0.121. The molecule has 0 bridgehead atoms. The number of ether oxygens (including phenoxy) is 2. The first-order valence-corrected chi connectivity index (χ1v) is 7.89. The maximum atomic E-state index is 12.5. The summed E-state index contributed by atoms with van der Waals surface area (Å²) in [5, 5.41) is 2.97. The van der Waals surface area contributed by atoms with Crippen molar-refractivity contribution in [1.82, 2.24) is 0 Å². The Bertz CT molecular complexity index is 694. The Kier molecular flexibility index (Phi) is 4.51. The molecule has 1 atom stereocenters.